The van der Waals surface area contributed by atoms with E-state index in [0.717, 1.165) is 28.7 Å². The van der Waals surface area contributed by atoms with Crippen LogP contribution in [0.3, 0.4) is 0 Å². The summed E-state index contributed by atoms with van der Waals surface area (Å²) in [4.78, 5) is 15.5. The number of hydrogen-bond acceptors (Lipinski definition) is 4. The number of rotatable bonds is 2. The van der Waals surface area contributed by atoms with Gasteiger partial charge in [-0.15, -0.1) is 0 Å². The summed E-state index contributed by atoms with van der Waals surface area (Å²) < 4.78 is 0. The van der Waals surface area contributed by atoms with Crippen LogP contribution < -0.4 is 26.2 Å². The van der Waals surface area contributed by atoms with E-state index >= 15 is 0 Å². The van der Waals surface area contributed by atoms with E-state index in [1.54, 1.807) is 0 Å². The quantitative estimate of drug-likeness (QED) is 0.171. The van der Waals surface area contributed by atoms with Crippen LogP contribution in [-0.2, 0) is 10.8 Å². The van der Waals surface area contributed by atoms with Gasteiger partial charge in [0.1, 0.15) is 11.6 Å². The Kier molecular flexibility index (Phi) is 7.05. The second kappa shape index (κ2) is 11.3. The van der Waals surface area contributed by atoms with Gasteiger partial charge >= 0.3 is 0 Å². The predicted molar refractivity (Wildman–Crippen MR) is 223 cm³/mol. The van der Waals surface area contributed by atoms with Gasteiger partial charge < -0.3 is 0 Å². The molecular weight excluding hydrogens is 631 g/mol. The Hall–Kier alpha value is -5.42. The molecule has 0 saturated heterocycles. The molecule has 2 aromatic heterocycles. The summed E-state index contributed by atoms with van der Waals surface area (Å²) >= 11 is 0. The minimum Gasteiger partial charge on any atom is -0.292 e. The fourth-order valence-corrected chi connectivity index (χ4v) is 8.69. The number of hydrogen-bond donors (Lipinski definition) is 0. The van der Waals surface area contributed by atoms with Crippen molar-refractivity contribution in [1.29, 1.82) is 0 Å². The van der Waals surface area contributed by atoms with Crippen LogP contribution in [0.1, 0.15) is 69.4 Å². The number of benzene rings is 5. The lowest BCUT2D eigenvalue weighted by Crippen LogP contribution is -2.60. The minimum absolute atomic E-state index is 0.00127. The first-order valence-electron chi connectivity index (χ1n) is 18.5. The van der Waals surface area contributed by atoms with Crippen molar-refractivity contribution in [2.45, 2.75) is 73.1 Å². The molecule has 52 heavy (non-hydrogen) atoms. The fraction of sp³-hybridized carbons (Fsp3) is 0.234. The van der Waals surface area contributed by atoms with Crippen LogP contribution in [0.4, 0.5) is 34.4 Å². The smallest absolute Gasteiger partial charge is 0.250 e. The zero-order valence-corrected chi connectivity index (χ0v) is 31.8. The summed E-state index contributed by atoms with van der Waals surface area (Å²) in [5.41, 5.74) is 14.7. The third-order valence-corrected chi connectivity index (χ3v) is 11.3. The third kappa shape index (κ3) is 4.89. The topological polar surface area (TPSA) is 32.3 Å². The molecule has 0 unspecified atom stereocenters. The van der Waals surface area contributed by atoms with E-state index in [-0.39, 0.29) is 17.5 Å². The molecule has 2 aliphatic heterocycles. The zero-order valence-electron chi connectivity index (χ0n) is 31.8. The summed E-state index contributed by atoms with van der Waals surface area (Å²) in [5.74, 6) is 1.90. The number of aryl methyl sites for hydroxylation is 3. The van der Waals surface area contributed by atoms with E-state index in [1.807, 2.05) is 0 Å². The molecule has 256 valence electrons. The molecular formula is C47H45BN4. The van der Waals surface area contributed by atoms with E-state index in [9.17, 15) is 0 Å². The molecule has 5 heteroatoms. The summed E-state index contributed by atoms with van der Waals surface area (Å²) in [5, 5.41) is 4.87. The van der Waals surface area contributed by atoms with Crippen molar-refractivity contribution >= 4 is 79.0 Å². The van der Waals surface area contributed by atoms with Crippen LogP contribution in [0.2, 0.25) is 0 Å². The molecule has 0 radical (unpaired) electrons. The molecule has 4 nitrogen and oxygen atoms in total. The summed E-state index contributed by atoms with van der Waals surface area (Å²) in [7, 11) is 0. The maximum absolute atomic E-state index is 5.45. The Morgan fingerprint density at radius 2 is 1.12 bits per heavy atom. The maximum atomic E-state index is 5.45. The molecule has 0 amide bonds. The molecule has 7 aromatic rings. The first kappa shape index (κ1) is 32.5. The molecule has 5 aromatic carbocycles. The monoisotopic (exact) mass is 676 g/mol. The van der Waals surface area contributed by atoms with Gasteiger partial charge in [-0.25, -0.2) is 9.97 Å². The highest BCUT2D eigenvalue weighted by atomic mass is 15.3. The Bertz CT molecular complexity index is 2570. The van der Waals surface area contributed by atoms with Gasteiger partial charge in [-0.05, 0) is 99.5 Å². The van der Waals surface area contributed by atoms with Crippen LogP contribution >= 0.6 is 0 Å². The van der Waals surface area contributed by atoms with Gasteiger partial charge in [-0.1, -0.05) is 136 Å². The van der Waals surface area contributed by atoms with Crippen molar-refractivity contribution < 1.29 is 0 Å². The number of anilines is 6. The van der Waals surface area contributed by atoms with Gasteiger partial charge in [0.25, 0.3) is 0 Å². The molecule has 0 aliphatic carbocycles. The molecule has 0 atom stereocenters. The van der Waals surface area contributed by atoms with Gasteiger partial charge in [-0.3, -0.25) is 9.80 Å². The number of nitrogens with zero attached hydrogens (tertiary/aromatic N) is 4. The standard InChI is InChI=1S/C47H45BN4/c1-28-20-29(2)42(30(3)21-28)48-37-25-35(47(7,8)9)27-50-45(37)52-39-23-32-15-11-10-14-31(32)22-38(39)51(41-19-18-34(26-49-41)46(4,5)6)40-24-33-16-12-13-17-36(33)43(48)44(40)52/h10-27H,1-9H3. The van der Waals surface area contributed by atoms with Gasteiger partial charge in [0.05, 0.1) is 22.7 Å². The van der Waals surface area contributed by atoms with Crippen LogP contribution in [0, 0.1) is 20.8 Å². The van der Waals surface area contributed by atoms with Gasteiger partial charge in [0.15, 0.2) is 0 Å². The average Bonchev–Trinajstić information content (AvgIpc) is 3.10. The van der Waals surface area contributed by atoms with Crippen molar-refractivity contribution in [3.63, 3.8) is 0 Å². The molecule has 0 N–H and O–H groups in total. The van der Waals surface area contributed by atoms with Crippen molar-refractivity contribution in [2.24, 2.45) is 0 Å². The van der Waals surface area contributed by atoms with E-state index in [2.05, 4.69) is 182 Å². The van der Waals surface area contributed by atoms with Crippen molar-refractivity contribution in [2.75, 3.05) is 9.80 Å². The number of aromatic nitrogens is 2. The lowest BCUT2D eigenvalue weighted by molar-refractivity contribution is 0.587. The van der Waals surface area contributed by atoms with Gasteiger partial charge in [-0.2, -0.15) is 0 Å². The Balaban J connectivity index is 1.46. The van der Waals surface area contributed by atoms with E-state index in [4.69, 9.17) is 9.97 Å². The predicted octanol–water partition coefficient (Wildman–Crippen LogP) is 10.4. The molecule has 0 bridgehead atoms. The Labute approximate surface area is 308 Å². The lowest BCUT2D eigenvalue weighted by atomic mass is 9.33. The molecule has 4 heterocycles. The summed E-state index contributed by atoms with van der Waals surface area (Å²) in [6, 6.07) is 36.3. The van der Waals surface area contributed by atoms with Crippen molar-refractivity contribution in [3.05, 3.63) is 137 Å². The highest BCUT2D eigenvalue weighted by molar-refractivity contribution is 7.00. The van der Waals surface area contributed by atoms with Gasteiger partial charge in [0, 0.05) is 12.4 Å². The second-order valence-corrected chi connectivity index (χ2v) is 17.0. The van der Waals surface area contributed by atoms with E-state index in [1.165, 1.54) is 71.4 Å². The second-order valence-electron chi connectivity index (χ2n) is 17.0. The first-order chi connectivity index (χ1) is 24.8. The number of fused-ring (bicyclic) bond motifs is 7. The molecule has 9 rings (SSSR count). The number of pyridine rings is 2. The van der Waals surface area contributed by atoms with Crippen LogP contribution in [0.5, 0.6) is 0 Å². The highest BCUT2D eigenvalue weighted by Gasteiger charge is 2.45. The minimum atomic E-state index is -0.0637. The average molecular weight is 677 g/mol. The normalized spacial score (nSPS) is 13.8. The molecule has 0 fully saturated rings. The lowest BCUT2D eigenvalue weighted by Gasteiger charge is -2.45. The Morgan fingerprint density at radius 1 is 0.538 bits per heavy atom. The van der Waals surface area contributed by atoms with Gasteiger partial charge in [0.2, 0.25) is 6.71 Å². The largest absolute Gasteiger partial charge is 0.292 e. The summed E-state index contributed by atoms with van der Waals surface area (Å²) in [6.07, 6.45) is 4.17. The van der Waals surface area contributed by atoms with Crippen LogP contribution in [-0.4, -0.2) is 16.7 Å². The summed E-state index contributed by atoms with van der Waals surface area (Å²) in [6.45, 7) is 20.3. The SMILES string of the molecule is Cc1cc(C)c(B2c3cc(C(C)(C)C)cnc3N3c4cc5ccccc5cc4N(c4ccc(C(C)(C)C)cn4)c4cc5ccccc5c2c43)c(C)c1. The maximum Gasteiger partial charge on any atom is 0.250 e. The highest BCUT2D eigenvalue weighted by Crippen LogP contribution is 2.56. The van der Waals surface area contributed by atoms with Crippen LogP contribution in [0.15, 0.2) is 109 Å². The van der Waals surface area contributed by atoms with Crippen molar-refractivity contribution in [3.8, 4) is 0 Å². The first-order valence-corrected chi connectivity index (χ1v) is 18.5. The van der Waals surface area contributed by atoms with E-state index < -0.39 is 0 Å². The van der Waals surface area contributed by atoms with Crippen molar-refractivity contribution in [1.82, 2.24) is 9.97 Å². The molecule has 0 spiro atoms. The van der Waals surface area contributed by atoms with Crippen LogP contribution in [0.25, 0.3) is 21.5 Å². The van der Waals surface area contributed by atoms with E-state index in [0.29, 0.717) is 0 Å². The Morgan fingerprint density at radius 3 is 1.73 bits per heavy atom. The third-order valence-electron chi connectivity index (χ3n) is 11.3. The molecule has 0 saturated carbocycles. The molecule has 2 aliphatic rings. The fourth-order valence-electron chi connectivity index (χ4n) is 8.69. The zero-order chi connectivity index (χ0) is 36.3.